The van der Waals surface area contributed by atoms with Crippen molar-refractivity contribution in [3.05, 3.63) is 69.7 Å². The number of hydrogen-bond donors (Lipinski definition) is 1. The quantitative estimate of drug-likeness (QED) is 0.444. The maximum Gasteiger partial charge on any atom is 0.258 e. The summed E-state index contributed by atoms with van der Waals surface area (Å²) in [5.74, 6) is -0.201. The van der Waals surface area contributed by atoms with Crippen LogP contribution in [-0.2, 0) is 6.54 Å². The average Bonchev–Trinajstić information content (AvgIpc) is 3.42. The minimum absolute atomic E-state index is 0.201. The summed E-state index contributed by atoms with van der Waals surface area (Å²) in [4.78, 5) is 23.5. The van der Waals surface area contributed by atoms with E-state index in [1.165, 1.54) is 16.2 Å². The van der Waals surface area contributed by atoms with Gasteiger partial charge in [-0.15, -0.1) is 11.3 Å². The molecule has 0 saturated carbocycles. The smallest absolute Gasteiger partial charge is 0.258 e. The topological polar surface area (TPSA) is 72.7 Å². The summed E-state index contributed by atoms with van der Waals surface area (Å²) >= 11 is 3.15. The number of aromatic nitrogens is 4. The van der Waals surface area contributed by atoms with Gasteiger partial charge in [-0.05, 0) is 43.0 Å². The fraction of sp³-hybridized carbons (Fsp3) is 0.143. The zero-order valence-corrected chi connectivity index (χ0v) is 17.5. The van der Waals surface area contributed by atoms with Gasteiger partial charge in [0.15, 0.2) is 10.8 Å². The first-order chi connectivity index (χ1) is 14.1. The Labute approximate surface area is 174 Å². The van der Waals surface area contributed by atoms with Gasteiger partial charge < -0.3 is 0 Å². The van der Waals surface area contributed by atoms with E-state index in [0.29, 0.717) is 22.9 Å². The molecule has 5 aromatic rings. The summed E-state index contributed by atoms with van der Waals surface area (Å²) in [6.45, 7) is 4.54. The van der Waals surface area contributed by atoms with E-state index < -0.39 is 0 Å². The molecule has 4 heterocycles. The second-order valence-corrected chi connectivity index (χ2v) is 8.89. The van der Waals surface area contributed by atoms with Crippen LogP contribution in [0.15, 0.2) is 48.0 Å². The molecule has 0 aliphatic carbocycles. The maximum absolute atomic E-state index is 13.1. The lowest BCUT2D eigenvalue weighted by Gasteiger charge is -2.06. The molecule has 0 saturated heterocycles. The maximum atomic E-state index is 13.1. The molecule has 5 rings (SSSR count). The number of para-hydroxylation sites is 1. The van der Waals surface area contributed by atoms with E-state index in [0.717, 1.165) is 26.9 Å². The number of carbonyl (C=O) groups is 1. The van der Waals surface area contributed by atoms with Gasteiger partial charge in [0, 0.05) is 10.6 Å². The average molecular weight is 420 g/mol. The molecule has 1 aromatic carbocycles. The third-order valence-electron chi connectivity index (χ3n) is 4.71. The van der Waals surface area contributed by atoms with Crippen molar-refractivity contribution in [1.29, 1.82) is 0 Å². The number of hydrogen-bond acceptors (Lipinski definition) is 6. The highest BCUT2D eigenvalue weighted by atomic mass is 32.1. The number of nitrogens with zero attached hydrogens (tertiary/aromatic N) is 4. The zero-order valence-electron chi connectivity index (χ0n) is 15.8. The summed E-state index contributed by atoms with van der Waals surface area (Å²) in [6.07, 6.45) is 1.72. The summed E-state index contributed by atoms with van der Waals surface area (Å²) in [6, 6.07) is 11.9. The molecule has 0 spiro atoms. The molecule has 8 heteroatoms. The minimum atomic E-state index is -0.201. The van der Waals surface area contributed by atoms with Crippen LogP contribution in [-0.4, -0.2) is 25.7 Å². The molecule has 0 bridgehead atoms. The van der Waals surface area contributed by atoms with E-state index in [1.807, 2.05) is 48.2 Å². The van der Waals surface area contributed by atoms with Crippen molar-refractivity contribution in [1.82, 2.24) is 19.7 Å². The van der Waals surface area contributed by atoms with E-state index in [-0.39, 0.29) is 5.91 Å². The molecule has 0 unspecified atom stereocenters. The number of anilines is 1. The molecule has 144 valence electrons. The predicted octanol–water partition coefficient (Wildman–Crippen LogP) is 5.02. The van der Waals surface area contributed by atoms with E-state index in [9.17, 15) is 4.79 Å². The number of amides is 1. The molecule has 1 N–H and O–H groups in total. The van der Waals surface area contributed by atoms with Gasteiger partial charge >= 0.3 is 0 Å². The number of aryl methyl sites for hydroxylation is 2. The molecular weight excluding hydrogens is 402 g/mol. The van der Waals surface area contributed by atoms with E-state index in [1.54, 1.807) is 23.6 Å². The molecule has 0 atom stereocenters. The Morgan fingerprint density at radius 2 is 2.07 bits per heavy atom. The standard InChI is InChI=1S/C21H17N5OS2/c1-12-5-3-7-17-18(12)24-21(29-17)25-20(27)15-9-13(2)23-19-16(15)10-22-26(19)11-14-6-4-8-28-14/h3-10H,11H2,1-2H3,(H,24,25,27). The number of benzene rings is 1. The van der Waals surface area contributed by atoms with Crippen LogP contribution in [0.4, 0.5) is 5.13 Å². The first-order valence-corrected chi connectivity index (χ1v) is 10.8. The van der Waals surface area contributed by atoms with Crippen molar-refractivity contribution in [2.24, 2.45) is 0 Å². The first kappa shape index (κ1) is 18.0. The van der Waals surface area contributed by atoms with Gasteiger partial charge in [-0.25, -0.2) is 14.6 Å². The fourth-order valence-electron chi connectivity index (χ4n) is 3.33. The zero-order chi connectivity index (χ0) is 20.0. The summed E-state index contributed by atoms with van der Waals surface area (Å²) in [5.41, 5.74) is 4.06. The van der Waals surface area contributed by atoms with Crippen molar-refractivity contribution in [3.8, 4) is 0 Å². The highest BCUT2D eigenvalue weighted by molar-refractivity contribution is 7.22. The Bertz CT molecular complexity index is 1350. The molecule has 29 heavy (non-hydrogen) atoms. The number of fused-ring (bicyclic) bond motifs is 2. The Morgan fingerprint density at radius 1 is 1.17 bits per heavy atom. The molecule has 1 amide bonds. The van der Waals surface area contributed by atoms with Crippen LogP contribution in [0.5, 0.6) is 0 Å². The van der Waals surface area contributed by atoms with Crippen LogP contribution in [0.2, 0.25) is 0 Å². The minimum Gasteiger partial charge on any atom is -0.298 e. The van der Waals surface area contributed by atoms with Gasteiger partial charge in [-0.1, -0.05) is 29.5 Å². The summed E-state index contributed by atoms with van der Waals surface area (Å²) in [7, 11) is 0. The second-order valence-electron chi connectivity index (χ2n) is 6.82. The van der Waals surface area contributed by atoms with E-state index in [4.69, 9.17) is 0 Å². The third-order valence-corrected chi connectivity index (χ3v) is 6.51. The van der Waals surface area contributed by atoms with Crippen molar-refractivity contribution in [2.45, 2.75) is 20.4 Å². The monoisotopic (exact) mass is 419 g/mol. The normalized spacial score (nSPS) is 11.4. The van der Waals surface area contributed by atoms with Crippen LogP contribution in [0.25, 0.3) is 21.3 Å². The van der Waals surface area contributed by atoms with Gasteiger partial charge in [-0.3, -0.25) is 10.1 Å². The number of nitrogens with one attached hydrogen (secondary N) is 1. The SMILES string of the molecule is Cc1cc(C(=O)Nc2nc3c(C)cccc3s2)c2cnn(Cc3cccs3)c2n1. The molecule has 0 radical (unpaired) electrons. The van der Waals surface area contributed by atoms with Gasteiger partial charge in [0.05, 0.1) is 33.9 Å². The lowest BCUT2D eigenvalue weighted by Crippen LogP contribution is -2.13. The van der Waals surface area contributed by atoms with E-state index >= 15 is 0 Å². The van der Waals surface area contributed by atoms with Crippen LogP contribution < -0.4 is 5.32 Å². The highest BCUT2D eigenvalue weighted by Crippen LogP contribution is 2.29. The number of rotatable bonds is 4. The Kier molecular flexibility index (Phi) is 4.37. The molecule has 6 nitrogen and oxygen atoms in total. The lowest BCUT2D eigenvalue weighted by atomic mass is 10.1. The van der Waals surface area contributed by atoms with Crippen molar-refractivity contribution in [2.75, 3.05) is 5.32 Å². The third kappa shape index (κ3) is 3.30. The summed E-state index contributed by atoms with van der Waals surface area (Å²) < 4.78 is 2.89. The lowest BCUT2D eigenvalue weighted by molar-refractivity contribution is 0.102. The second kappa shape index (κ2) is 7.06. The predicted molar refractivity (Wildman–Crippen MR) is 118 cm³/mol. The fourth-order valence-corrected chi connectivity index (χ4v) is 4.96. The highest BCUT2D eigenvalue weighted by Gasteiger charge is 2.18. The Hall–Kier alpha value is -3.10. The molecule has 0 aliphatic heterocycles. The van der Waals surface area contributed by atoms with Crippen molar-refractivity contribution in [3.63, 3.8) is 0 Å². The van der Waals surface area contributed by atoms with Gasteiger partial charge in [-0.2, -0.15) is 5.10 Å². The number of carbonyl (C=O) groups excluding carboxylic acids is 1. The van der Waals surface area contributed by atoms with Crippen molar-refractivity contribution >= 4 is 55.0 Å². The van der Waals surface area contributed by atoms with Crippen LogP contribution in [0.3, 0.4) is 0 Å². The molecule has 4 aromatic heterocycles. The molecule has 0 fully saturated rings. The van der Waals surface area contributed by atoms with Crippen LogP contribution in [0.1, 0.15) is 26.5 Å². The largest absolute Gasteiger partial charge is 0.298 e. The first-order valence-electron chi connectivity index (χ1n) is 9.11. The van der Waals surface area contributed by atoms with Crippen molar-refractivity contribution < 1.29 is 4.79 Å². The number of pyridine rings is 1. The Balaban J connectivity index is 1.50. The summed E-state index contributed by atoms with van der Waals surface area (Å²) in [5, 5.41) is 10.8. The van der Waals surface area contributed by atoms with E-state index in [2.05, 4.69) is 26.4 Å². The molecule has 0 aliphatic rings. The van der Waals surface area contributed by atoms with Gasteiger partial charge in [0.2, 0.25) is 0 Å². The van der Waals surface area contributed by atoms with Gasteiger partial charge in [0.1, 0.15) is 0 Å². The van der Waals surface area contributed by atoms with Crippen LogP contribution in [0, 0.1) is 13.8 Å². The number of thiazole rings is 1. The molecular formula is C21H17N5OS2. The Morgan fingerprint density at radius 3 is 2.86 bits per heavy atom. The van der Waals surface area contributed by atoms with Crippen LogP contribution >= 0.6 is 22.7 Å². The van der Waals surface area contributed by atoms with Gasteiger partial charge in [0.25, 0.3) is 5.91 Å². The number of thiophene rings is 1.